The smallest absolute Gasteiger partial charge is 0.274 e. The highest BCUT2D eigenvalue weighted by molar-refractivity contribution is 7.15. The zero-order valence-corrected chi connectivity index (χ0v) is 16.9. The quantitative estimate of drug-likeness (QED) is 0.433. The highest BCUT2D eigenvalue weighted by Crippen LogP contribution is 2.23. The number of hydrogen-bond donors (Lipinski definition) is 0. The number of hydrogen-bond acceptors (Lipinski definition) is 3. The standard InChI is InChI=1S/C22H16ClN3OS/c1-13-11-15(14(2)25(13)17-9-7-16(23)8-10-17)12-20-21(27)26-19-6-4-3-5-18(19)24-22(26)28-20/h3-12H,1-2H3. The van der Waals surface area contributed by atoms with Crippen LogP contribution in [0.15, 0.2) is 59.4 Å². The summed E-state index contributed by atoms with van der Waals surface area (Å²) in [4.78, 5) is 18.3. The van der Waals surface area contributed by atoms with Crippen LogP contribution < -0.4 is 10.1 Å². The first-order valence-corrected chi connectivity index (χ1v) is 10.1. The van der Waals surface area contributed by atoms with E-state index in [0.29, 0.717) is 9.55 Å². The number of halogens is 1. The summed E-state index contributed by atoms with van der Waals surface area (Å²) < 4.78 is 4.55. The minimum atomic E-state index is -0.0232. The third kappa shape index (κ3) is 2.58. The number of fused-ring (bicyclic) bond motifs is 3. The Bertz CT molecular complexity index is 1460. The van der Waals surface area contributed by atoms with Crippen molar-refractivity contribution in [2.24, 2.45) is 0 Å². The lowest BCUT2D eigenvalue weighted by Crippen LogP contribution is -2.22. The molecule has 5 aromatic rings. The van der Waals surface area contributed by atoms with E-state index < -0.39 is 0 Å². The van der Waals surface area contributed by atoms with E-state index in [9.17, 15) is 4.79 Å². The molecule has 0 spiro atoms. The van der Waals surface area contributed by atoms with E-state index in [0.717, 1.165) is 38.6 Å². The van der Waals surface area contributed by atoms with Crippen molar-refractivity contribution in [3.05, 3.63) is 91.5 Å². The summed E-state index contributed by atoms with van der Waals surface area (Å²) in [6.07, 6.45) is 1.96. The SMILES string of the molecule is Cc1cc(C=c2sc3nc4ccccc4n3c2=O)c(C)n1-c1ccc(Cl)cc1. The second kappa shape index (κ2) is 6.33. The number of aromatic nitrogens is 3. The summed E-state index contributed by atoms with van der Waals surface area (Å²) in [5.74, 6) is 0. The topological polar surface area (TPSA) is 39.3 Å². The lowest BCUT2D eigenvalue weighted by atomic mass is 10.2. The van der Waals surface area contributed by atoms with Crippen LogP contribution in [-0.2, 0) is 0 Å². The fraction of sp³-hybridized carbons (Fsp3) is 0.0909. The van der Waals surface area contributed by atoms with E-state index >= 15 is 0 Å². The molecular weight excluding hydrogens is 390 g/mol. The molecule has 0 aliphatic rings. The largest absolute Gasteiger partial charge is 0.318 e. The minimum Gasteiger partial charge on any atom is -0.318 e. The maximum absolute atomic E-state index is 13.0. The molecule has 2 aromatic carbocycles. The molecular formula is C22H16ClN3OS. The molecule has 0 saturated heterocycles. The fourth-order valence-corrected chi connectivity index (χ4v) is 4.78. The van der Waals surface area contributed by atoms with Gasteiger partial charge in [-0.05, 0) is 68.0 Å². The number of thiazole rings is 1. The Hall–Kier alpha value is -2.89. The molecule has 28 heavy (non-hydrogen) atoms. The molecule has 3 heterocycles. The van der Waals surface area contributed by atoms with Crippen molar-refractivity contribution in [1.82, 2.24) is 14.0 Å². The summed E-state index contributed by atoms with van der Waals surface area (Å²) in [6.45, 7) is 4.12. The molecule has 0 bridgehead atoms. The average molecular weight is 406 g/mol. The van der Waals surface area contributed by atoms with Gasteiger partial charge in [0.1, 0.15) is 0 Å². The Morgan fingerprint density at radius 1 is 1.07 bits per heavy atom. The van der Waals surface area contributed by atoms with Gasteiger partial charge in [0.2, 0.25) is 0 Å². The van der Waals surface area contributed by atoms with Gasteiger partial charge in [0.25, 0.3) is 5.56 Å². The summed E-state index contributed by atoms with van der Waals surface area (Å²) in [6, 6.07) is 17.6. The van der Waals surface area contributed by atoms with Crippen LogP contribution in [0, 0.1) is 13.8 Å². The summed E-state index contributed by atoms with van der Waals surface area (Å²) >= 11 is 7.44. The molecule has 0 saturated carbocycles. The normalized spacial score (nSPS) is 12.5. The molecule has 6 heteroatoms. The molecule has 4 nitrogen and oxygen atoms in total. The average Bonchev–Trinajstić information content (AvgIpc) is 3.28. The summed E-state index contributed by atoms with van der Waals surface area (Å²) in [7, 11) is 0. The van der Waals surface area contributed by atoms with Crippen LogP contribution in [0.2, 0.25) is 5.02 Å². The van der Waals surface area contributed by atoms with Crippen LogP contribution >= 0.6 is 22.9 Å². The van der Waals surface area contributed by atoms with Crippen molar-refractivity contribution in [3.63, 3.8) is 0 Å². The van der Waals surface area contributed by atoms with Gasteiger partial charge in [0.15, 0.2) is 4.96 Å². The Morgan fingerprint density at radius 3 is 2.61 bits per heavy atom. The van der Waals surface area contributed by atoms with E-state index in [2.05, 4.69) is 29.5 Å². The zero-order chi connectivity index (χ0) is 19.4. The van der Waals surface area contributed by atoms with E-state index in [1.54, 1.807) is 4.40 Å². The van der Waals surface area contributed by atoms with Crippen LogP contribution in [0.3, 0.4) is 0 Å². The summed E-state index contributed by atoms with van der Waals surface area (Å²) in [5.41, 5.74) is 5.93. The molecule has 3 aromatic heterocycles. The Kier molecular flexibility index (Phi) is 3.89. The van der Waals surface area contributed by atoms with Crippen LogP contribution in [0.5, 0.6) is 0 Å². The minimum absolute atomic E-state index is 0.0232. The van der Waals surface area contributed by atoms with Crippen molar-refractivity contribution >= 4 is 45.0 Å². The van der Waals surface area contributed by atoms with Crippen LogP contribution in [0.1, 0.15) is 17.0 Å². The Labute approximate surface area is 169 Å². The van der Waals surface area contributed by atoms with Crippen molar-refractivity contribution < 1.29 is 0 Å². The molecule has 0 fully saturated rings. The van der Waals surface area contributed by atoms with E-state index in [4.69, 9.17) is 11.6 Å². The lowest BCUT2D eigenvalue weighted by molar-refractivity contribution is 0.964. The number of benzene rings is 2. The van der Waals surface area contributed by atoms with Crippen molar-refractivity contribution in [1.29, 1.82) is 0 Å². The number of imidazole rings is 1. The Morgan fingerprint density at radius 2 is 1.82 bits per heavy atom. The maximum atomic E-state index is 13.0. The zero-order valence-electron chi connectivity index (χ0n) is 15.3. The molecule has 0 aliphatic carbocycles. The van der Waals surface area contributed by atoms with E-state index in [1.165, 1.54) is 11.3 Å². The van der Waals surface area contributed by atoms with Crippen LogP contribution in [-0.4, -0.2) is 14.0 Å². The molecule has 138 valence electrons. The first kappa shape index (κ1) is 17.2. The van der Waals surface area contributed by atoms with Gasteiger partial charge in [0.05, 0.1) is 15.6 Å². The molecule has 0 amide bonds. The van der Waals surface area contributed by atoms with Crippen molar-refractivity contribution in [2.45, 2.75) is 13.8 Å². The maximum Gasteiger partial charge on any atom is 0.274 e. The highest BCUT2D eigenvalue weighted by atomic mass is 35.5. The van der Waals surface area contributed by atoms with Crippen molar-refractivity contribution in [2.75, 3.05) is 0 Å². The highest BCUT2D eigenvalue weighted by Gasteiger charge is 2.13. The first-order chi connectivity index (χ1) is 13.5. The van der Waals surface area contributed by atoms with Gasteiger partial charge in [0, 0.05) is 22.1 Å². The first-order valence-electron chi connectivity index (χ1n) is 8.89. The molecule has 0 atom stereocenters. The number of nitrogens with zero attached hydrogens (tertiary/aromatic N) is 3. The third-order valence-electron chi connectivity index (χ3n) is 4.99. The van der Waals surface area contributed by atoms with Gasteiger partial charge in [-0.25, -0.2) is 9.38 Å². The van der Waals surface area contributed by atoms with E-state index in [-0.39, 0.29) is 5.56 Å². The van der Waals surface area contributed by atoms with Crippen LogP contribution in [0.25, 0.3) is 27.8 Å². The van der Waals surface area contributed by atoms with Gasteiger partial charge in [-0.1, -0.05) is 35.1 Å². The van der Waals surface area contributed by atoms with Crippen molar-refractivity contribution in [3.8, 4) is 5.69 Å². The monoisotopic (exact) mass is 405 g/mol. The molecule has 0 radical (unpaired) electrons. The number of aryl methyl sites for hydroxylation is 1. The van der Waals surface area contributed by atoms with Gasteiger partial charge in [-0.3, -0.25) is 4.79 Å². The van der Waals surface area contributed by atoms with Gasteiger partial charge in [-0.2, -0.15) is 0 Å². The van der Waals surface area contributed by atoms with Gasteiger partial charge < -0.3 is 4.57 Å². The second-order valence-corrected chi connectivity index (χ2v) is 8.22. The fourth-order valence-electron chi connectivity index (χ4n) is 3.67. The Balaban J connectivity index is 1.70. The molecule has 5 rings (SSSR count). The lowest BCUT2D eigenvalue weighted by Gasteiger charge is -2.09. The van der Waals surface area contributed by atoms with Gasteiger partial charge in [-0.15, -0.1) is 0 Å². The number of rotatable bonds is 2. The van der Waals surface area contributed by atoms with E-state index in [1.807, 2.05) is 54.6 Å². The van der Waals surface area contributed by atoms with Crippen LogP contribution in [0.4, 0.5) is 0 Å². The molecule has 0 N–H and O–H groups in total. The van der Waals surface area contributed by atoms with Gasteiger partial charge >= 0.3 is 0 Å². The second-order valence-electron chi connectivity index (χ2n) is 6.77. The number of para-hydroxylation sites is 2. The predicted octanol–water partition coefficient (Wildman–Crippen LogP) is 4.52. The molecule has 0 aliphatic heterocycles. The molecule has 0 unspecified atom stereocenters. The predicted molar refractivity (Wildman–Crippen MR) is 116 cm³/mol. The third-order valence-corrected chi connectivity index (χ3v) is 6.21. The summed E-state index contributed by atoms with van der Waals surface area (Å²) in [5, 5.41) is 0.711.